The molecule has 0 amide bonds. The molecule has 0 spiro atoms. The molecule has 1 heterocycles. The average Bonchev–Trinajstić information content (AvgIpc) is 2.33. The second-order valence-corrected chi connectivity index (χ2v) is 4.83. The maximum atomic E-state index is 6.05. The topological polar surface area (TPSA) is 53.1 Å². The lowest BCUT2D eigenvalue weighted by atomic mass is 10.3. The number of likely N-dealkylation sites (N-methyl/N-ethyl adjacent to an activating group) is 1. The molecule has 1 rings (SSSR count). The van der Waals surface area contributed by atoms with Crippen LogP contribution in [0, 0.1) is 0 Å². The van der Waals surface area contributed by atoms with E-state index >= 15 is 0 Å². The van der Waals surface area contributed by atoms with Crippen molar-refractivity contribution < 1.29 is 0 Å². The Kier molecular flexibility index (Phi) is 6.15. The molecule has 1 aromatic rings. The lowest BCUT2D eigenvalue weighted by Gasteiger charge is -2.21. The van der Waals surface area contributed by atoms with E-state index in [-0.39, 0.29) is 0 Å². The van der Waals surface area contributed by atoms with Crippen LogP contribution in [0.4, 0.5) is 11.8 Å². The summed E-state index contributed by atoms with van der Waals surface area (Å²) in [4.78, 5) is 10.7. The molecular formula is C12H22ClN5. The van der Waals surface area contributed by atoms with Gasteiger partial charge in [0.1, 0.15) is 5.02 Å². The van der Waals surface area contributed by atoms with Crippen molar-refractivity contribution in [1.29, 1.82) is 0 Å². The van der Waals surface area contributed by atoms with Gasteiger partial charge < -0.3 is 15.5 Å². The molecule has 18 heavy (non-hydrogen) atoms. The van der Waals surface area contributed by atoms with Gasteiger partial charge in [0.2, 0.25) is 5.95 Å². The molecule has 6 heteroatoms. The van der Waals surface area contributed by atoms with Crippen molar-refractivity contribution in [2.75, 3.05) is 37.3 Å². The van der Waals surface area contributed by atoms with E-state index in [1.54, 1.807) is 6.20 Å². The van der Waals surface area contributed by atoms with Gasteiger partial charge in [-0.25, -0.2) is 4.98 Å². The average molecular weight is 272 g/mol. The van der Waals surface area contributed by atoms with Crippen molar-refractivity contribution in [3.8, 4) is 0 Å². The van der Waals surface area contributed by atoms with Gasteiger partial charge in [0, 0.05) is 25.7 Å². The Balaban J connectivity index is 2.53. The number of hydrogen-bond acceptors (Lipinski definition) is 5. The molecule has 5 nitrogen and oxygen atoms in total. The van der Waals surface area contributed by atoms with E-state index in [2.05, 4.69) is 46.4 Å². The van der Waals surface area contributed by atoms with Gasteiger partial charge in [-0.1, -0.05) is 11.6 Å². The van der Waals surface area contributed by atoms with Gasteiger partial charge in [-0.3, -0.25) is 0 Å². The molecule has 0 saturated carbocycles. The number of nitrogens with one attached hydrogen (secondary N) is 2. The number of hydrogen-bond donors (Lipinski definition) is 2. The molecule has 0 aliphatic rings. The van der Waals surface area contributed by atoms with Crippen molar-refractivity contribution in [1.82, 2.24) is 14.9 Å². The molecule has 0 radical (unpaired) electrons. The van der Waals surface area contributed by atoms with E-state index in [1.165, 1.54) is 0 Å². The summed E-state index contributed by atoms with van der Waals surface area (Å²) in [6, 6.07) is 0.532. The van der Waals surface area contributed by atoms with Crippen LogP contribution in [-0.4, -0.2) is 47.6 Å². The molecule has 102 valence electrons. The van der Waals surface area contributed by atoms with E-state index < -0.39 is 0 Å². The molecule has 0 fully saturated rings. The van der Waals surface area contributed by atoms with Crippen LogP contribution >= 0.6 is 11.6 Å². The first-order valence-electron chi connectivity index (χ1n) is 6.25. The van der Waals surface area contributed by atoms with E-state index in [0.29, 0.717) is 22.8 Å². The van der Waals surface area contributed by atoms with Gasteiger partial charge in [-0.05, 0) is 27.8 Å². The Hall–Kier alpha value is -1.07. The number of aromatic nitrogens is 2. The summed E-state index contributed by atoms with van der Waals surface area (Å²) < 4.78 is 0. The number of nitrogens with zero attached hydrogens (tertiary/aromatic N) is 3. The monoisotopic (exact) mass is 271 g/mol. The van der Waals surface area contributed by atoms with Crippen LogP contribution < -0.4 is 10.6 Å². The molecule has 0 aromatic carbocycles. The summed E-state index contributed by atoms with van der Waals surface area (Å²) in [5.41, 5.74) is 0. The molecule has 0 atom stereocenters. The van der Waals surface area contributed by atoms with Gasteiger partial charge in [-0.2, -0.15) is 4.98 Å². The highest BCUT2D eigenvalue weighted by Crippen LogP contribution is 2.18. The quantitative estimate of drug-likeness (QED) is 0.797. The lowest BCUT2D eigenvalue weighted by Crippen LogP contribution is -2.31. The van der Waals surface area contributed by atoms with E-state index in [1.807, 2.05) is 6.92 Å². The van der Waals surface area contributed by atoms with Crippen LogP contribution in [0.25, 0.3) is 0 Å². The number of halogens is 1. The zero-order valence-electron chi connectivity index (χ0n) is 11.5. The fraction of sp³-hybridized carbons (Fsp3) is 0.667. The van der Waals surface area contributed by atoms with E-state index in [4.69, 9.17) is 11.6 Å². The van der Waals surface area contributed by atoms with Gasteiger partial charge in [0.05, 0.1) is 6.20 Å². The van der Waals surface area contributed by atoms with Crippen LogP contribution in [-0.2, 0) is 0 Å². The Bertz CT molecular complexity index is 369. The highest BCUT2D eigenvalue weighted by atomic mass is 35.5. The summed E-state index contributed by atoms with van der Waals surface area (Å²) >= 11 is 6.05. The van der Waals surface area contributed by atoms with Crippen molar-refractivity contribution >= 4 is 23.4 Å². The minimum atomic E-state index is 0.532. The standard InChI is InChI=1S/C12H22ClN5/c1-5-14-12-16-8-10(13)11(17-12)15-6-7-18(4)9(2)3/h8-9H,5-7H2,1-4H3,(H2,14,15,16,17). The molecule has 2 N–H and O–H groups in total. The zero-order valence-corrected chi connectivity index (χ0v) is 12.3. The van der Waals surface area contributed by atoms with Gasteiger partial charge in [-0.15, -0.1) is 0 Å². The maximum absolute atomic E-state index is 6.05. The van der Waals surface area contributed by atoms with E-state index in [9.17, 15) is 0 Å². The van der Waals surface area contributed by atoms with Gasteiger partial charge >= 0.3 is 0 Å². The fourth-order valence-electron chi connectivity index (χ4n) is 1.34. The third kappa shape index (κ3) is 4.66. The van der Waals surface area contributed by atoms with Gasteiger partial charge in [0.15, 0.2) is 5.82 Å². The largest absolute Gasteiger partial charge is 0.367 e. The molecule has 0 saturated heterocycles. The minimum Gasteiger partial charge on any atom is -0.367 e. The maximum Gasteiger partial charge on any atom is 0.224 e. The summed E-state index contributed by atoms with van der Waals surface area (Å²) in [5, 5.41) is 6.84. The first kappa shape index (κ1) is 15.0. The number of anilines is 2. The molecule has 0 aliphatic carbocycles. The predicted octanol–water partition coefficient (Wildman–Crippen LogP) is 2.31. The predicted molar refractivity (Wildman–Crippen MR) is 77.5 cm³/mol. The van der Waals surface area contributed by atoms with E-state index in [0.717, 1.165) is 19.6 Å². The van der Waals surface area contributed by atoms with Crippen molar-refractivity contribution in [3.63, 3.8) is 0 Å². The zero-order chi connectivity index (χ0) is 13.5. The second-order valence-electron chi connectivity index (χ2n) is 4.42. The second kappa shape index (κ2) is 7.38. The SMILES string of the molecule is CCNc1ncc(Cl)c(NCCN(C)C(C)C)n1. The molecule has 1 aromatic heterocycles. The lowest BCUT2D eigenvalue weighted by molar-refractivity contribution is 0.284. The number of rotatable bonds is 7. The normalized spacial score (nSPS) is 11.1. The van der Waals surface area contributed by atoms with Crippen LogP contribution in [0.2, 0.25) is 5.02 Å². The van der Waals surface area contributed by atoms with Crippen LogP contribution in [0.15, 0.2) is 6.20 Å². The third-order valence-electron chi connectivity index (χ3n) is 2.72. The fourth-order valence-corrected chi connectivity index (χ4v) is 1.50. The first-order valence-corrected chi connectivity index (χ1v) is 6.63. The third-order valence-corrected chi connectivity index (χ3v) is 2.99. The Morgan fingerprint density at radius 3 is 2.72 bits per heavy atom. The Morgan fingerprint density at radius 2 is 2.11 bits per heavy atom. The van der Waals surface area contributed by atoms with Crippen molar-refractivity contribution in [2.45, 2.75) is 26.8 Å². The van der Waals surface area contributed by atoms with Crippen LogP contribution in [0.1, 0.15) is 20.8 Å². The van der Waals surface area contributed by atoms with Crippen LogP contribution in [0.3, 0.4) is 0 Å². The summed E-state index contributed by atoms with van der Waals surface area (Å²) in [7, 11) is 2.10. The molecule has 0 bridgehead atoms. The summed E-state index contributed by atoms with van der Waals surface area (Å²) in [6.07, 6.45) is 1.61. The van der Waals surface area contributed by atoms with Gasteiger partial charge in [0.25, 0.3) is 0 Å². The highest BCUT2D eigenvalue weighted by molar-refractivity contribution is 6.32. The minimum absolute atomic E-state index is 0.532. The van der Waals surface area contributed by atoms with Crippen molar-refractivity contribution in [3.05, 3.63) is 11.2 Å². The summed E-state index contributed by atoms with van der Waals surface area (Å²) in [5.74, 6) is 1.28. The Morgan fingerprint density at radius 1 is 1.39 bits per heavy atom. The highest BCUT2D eigenvalue weighted by Gasteiger charge is 2.06. The van der Waals surface area contributed by atoms with Crippen molar-refractivity contribution in [2.24, 2.45) is 0 Å². The summed E-state index contributed by atoms with van der Waals surface area (Å²) in [6.45, 7) is 8.87. The smallest absolute Gasteiger partial charge is 0.224 e. The molecule has 0 aliphatic heterocycles. The Labute approximate surface area is 114 Å². The molecular weight excluding hydrogens is 250 g/mol. The van der Waals surface area contributed by atoms with Crippen LogP contribution in [0.5, 0.6) is 0 Å². The molecule has 0 unspecified atom stereocenters. The first-order chi connectivity index (χ1) is 8.54.